The summed E-state index contributed by atoms with van der Waals surface area (Å²) in [6, 6.07) is 6.04. The van der Waals surface area contributed by atoms with Gasteiger partial charge in [-0.05, 0) is 30.9 Å². The van der Waals surface area contributed by atoms with Crippen molar-refractivity contribution in [3.8, 4) is 0 Å². The van der Waals surface area contributed by atoms with Crippen LogP contribution in [0, 0.1) is 5.92 Å². The molecule has 4 nitrogen and oxygen atoms in total. The number of rotatable bonds is 3. The maximum atomic E-state index is 4.38. The molecule has 0 aromatic carbocycles. The Labute approximate surface area is 139 Å². The summed E-state index contributed by atoms with van der Waals surface area (Å²) in [5.74, 6) is 1.88. The van der Waals surface area contributed by atoms with Crippen molar-refractivity contribution in [1.82, 2.24) is 15.2 Å². The molecular weight excluding hydrogens is 363 g/mol. The molecule has 20 heavy (non-hydrogen) atoms. The van der Waals surface area contributed by atoms with Crippen LogP contribution >= 0.6 is 24.0 Å². The SMILES string of the molecule is CN=C(NCCc1ccccn1)N1CCC(C)CC1.I. The maximum absolute atomic E-state index is 4.38. The van der Waals surface area contributed by atoms with Gasteiger partial charge in [-0.15, -0.1) is 24.0 Å². The molecule has 1 saturated heterocycles. The van der Waals surface area contributed by atoms with Crippen molar-refractivity contribution in [3.05, 3.63) is 30.1 Å². The zero-order valence-electron chi connectivity index (χ0n) is 12.4. The number of hydrogen-bond donors (Lipinski definition) is 1. The highest BCUT2D eigenvalue weighted by atomic mass is 127. The van der Waals surface area contributed by atoms with E-state index in [1.54, 1.807) is 0 Å². The van der Waals surface area contributed by atoms with Gasteiger partial charge in [0, 0.05) is 45.0 Å². The lowest BCUT2D eigenvalue weighted by atomic mass is 10.00. The largest absolute Gasteiger partial charge is 0.356 e. The van der Waals surface area contributed by atoms with Gasteiger partial charge in [-0.25, -0.2) is 0 Å². The summed E-state index contributed by atoms with van der Waals surface area (Å²) in [6.45, 7) is 5.44. The standard InChI is InChI=1S/C15H24N4.HI/c1-13-7-11-19(12-8-13)15(16-2)18-10-6-14-5-3-4-9-17-14;/h3-5,9,13H,6-8,10-12H2,1-2H3,(H,16,18);1H. The van der Waals surface area contributed by atoms with Crippen LogP contribution in [0.25, 0.3) is 0 Å². The molecule has 0 spiro atoms. The van der Waals surface area contributed by atoms with Crippen LogP contribution in [0.3, 0.4) is 0 Å². The summed E-state index contributed by atoms with van der Waals surface area (Å²) in [5, 5.41) is 3.44. The van der Waals surface area contributed by atoms with Crippen molar-refractivity contribution in [1.29, 1.82) is 0 Å². The Balaban J connectivity index is 0.00000200. The van der Waals surface area contributed by atoms with Gasteiger partial charge in [0.15, 0.2) is 5.96 Å². The van der Waals surface area contributed by atoms with Gasteiger partial charge < -0.3 is 10.2 Å². The molecule has 0 atom stereocenters. The fraction of sp³-hybridized carbons (Fsp3) is 0.600. The molecule has 2 heterocycles. The zero-order valence-corrected chi connectivity index (χ0v) is 14.7. The van der Waals surface area contributed by atoms with E-state index in [9.17, 15) is 0 Å². The van der Waals surface area contributed by atoms with E-state index in [-0.39, 0.29) is 24.0 Å². The molecule has 2 rings (SSSR count). The molecule has 0 saturated carbocycles. The van der Waals surface area contributed by atoms with Gasteiger partial charge in [0.05, 0.1) is 0 Å². The first-order chi connectivity index (χ1) is 9.29. The van der Waals surface area contributed by atoms with Crippen molar-refractivity contribution in [2.75, 3.05) is 26.7 Å². The zero-order chi connectivity index (χ0) is 13.5. The third-order valence-corrected chi connectivity index (χ3v) is 3.69. The van der Waals surface area contributed by atoms with E-state index >= 15 is 0 Å². The molecule has 1 aliphatic rings. The van der Waals surface area contributed by atoms with E-state index in [0.29, 0.717) is 0 Å². The summed E-state index contributed by atoms with van der Waals surface area (Å²) in [4.78, 5) is 11.1. The van der Waals surface area contributed by atoms with Gasteiger partial charge in [0.1, 0.15) is 0 Å². The molecule has 112 valence electrons. The molecular formula is C15H25IN4. The first-order valence-electron chi connectivity index (χ1n) is 7.15. The van der Waals surface area contributed by atoms with E-state index in [4.69, 9.17) is 0 Å². The molecule has 1 aliphatic heterocycles. The Hall–Kier alpha value is -0.850. The first kappa shape index (κ1) is 17.2. The van der Waals surface area contributed by atoms with Crippen LogP contribution < -0.4 is 5.32 Å². The number of nitrogens with zero attached hydrogens (tertiary/aromatic N) is 3. The number of halogens is 1. The van der Waals surface area contributed by atoms with E-state index in [2.05, 4.69) is 33.2 Å². The van der Waals surface area contributed by atoms with Gasteiger partial charge in [0.2, 0.25) is 0 Å². The van der Waals surface area contributed by atoms with Crippen molar-refractivity contribution >= 4 is 29.9 Å². The minimum Gasteiger partial charge on any atom is -0.356 e. The topological polar surface area (TPSA) is 40.5 Å². The smallest absolute Gasteiger partial charge is 0.193 e. The van der Waals surface area contributed by atoms with Crippen LogP contribution in [0.2, 0.25) is 0 Å². The lowest BCUT2D eigenvalue weighted by Gasteiger charge is -2.32. The van der Waals surface area contributed by atoms with Gasteiger partial charge in [-0.3, -0.25) is 9.98 Å². The number of guanidine groups is 1. The number of nitrogens with one attached hydrogen (secondary N) is 1. The minimum absolute atomic E-state index is 0. The average Bonchev–Trinajstić information content (AvgIpc) is 2.46. The lowest BCUT2D eigenvalue weighted by molar-refractivity contribution is 0.273. The normalized spacial score (nSPS) is 16.7. The van der Waals surface area contributed by atoms with Crippen molar-refractivity contribution in [3.63, 3.8) is 0 Å². The van der Waals surface area contributed by atoms with Crippen LogP contribution in [-0.2, 0) is 6.42 Å². The van der Waals surface area contributed by atoms with Crippen molar-refractivity contribution < 1.29 is 0 Å². The van der Waals surface area contributed by atoms with Crippen LogP contribution in [0.5, 0.6) is 0 Å². The Morgan fingerprint density at radius 3 is 2.75 bits per heavy atom. The number of aromatic nitrogens is 1. The maximum Gasteiger partial charge on any atom is 0.193 e. The quantitative estimate of drug-likeness (QED) is 0.492. The third-order valence-electron chi connectivity index (χ3n) is 3.69. The van der Waals surface area contributed by atoms with E-state index in [1.165, 1.54) is 12.8 Å². The van der Waals surface area contributed by atoms with E-state index < -0.39 is 0 Å². The second-order valence-corrected chi connectivity index (χ2v) is 5.21. The molecule has 1 aromatic rings. The number of hydrogen-bond acceptors (Lipinski definition) is 2. The Kier molecular flexibility index (Phi) is 7.87. The van der Waals surface area contributed by atoms with Crippen LogP contribution in [0.4, 0.5) is 0 Å². The highest BCUT2D eigenvalue weighted by Crippen LogP contribution is 2.15. The van der Waals surface area contributed by atoms with Gasteiger partial charge >= 0.3 is 0 Å². The Morgan fingerprint density at radius 2 is 2.15 bits per heavy atom. The van der Waals surface area contributed by atoms with Gasteiger partial charge in [-0.2, -0.15) is 0 Å². The van der Waals surface area contributed by atoms with Gasteiger partial charge in [-0.1, -0.05) is 13.0 Å². The average molecular weight is 388 g/mol. The predicted octanol–water partition coefficient (Wildman–Crippen LogP) is 2.55. The van der Waals surface area contributed by atoms with Crippen molar-refractivity contribution in [2.24, 2.45) is 10.9 Å². The highest BCUT2D eigenvalue weighted by Gasteiger charge is 2.18. The monoisotopic (exact) mass is 388 g/mol. The summed E-state index contributed by atoms with van der Waals surface area (Å²) in [5.41, 5.74) is 1.12. The molecule has 1 fully saturated rings. The third kappa shape index (κ3) is 5.26. The molecule has 0 amide bonds. The summed E-state index contributed by atoms with van der Waals surface area (Å²) in [7, 11) is 1.86. The van der Waals surface area contributed by atoms with Crippen LogP contribution in [-0.4, -0.2) is 42.5 Å². The summed E-state index contributed by atoms with van der Waals surface area (Å²) >= 11 is 0. The highest BCUT2D eigenvalue weighted by molar-refractivity contribution is 14.0. The first-order valence-corrected chi connectivity index (χ1v) is 7.15. The summed E-state index contributed by atoms with van der Waals surface area (Å²) in [6.07, 6.45) is 5.31. The number of pyridine rings is 1. The second kappa shape index (κ2) is 9.15. The summed E-state index contributed by atoms with van der Waals surface area (Å²) < 4.78 is 0. The van der Waals surface area contributed by atoms with E-state index in [1.807, 2.05) is 25.4 Å². The fourth-order valence-corrected chi connectivity index (χ4v) is 2.40. The number of likely N-dealkylation sites (tertiary alicyclic amines) is 1. The minimum atomic E-state index is 0. The van der Waals surface area contributed by atoms with Crippen LogP contribution in [0.1, 0.15) is 25.5 Å². The number of aliphatic imine (C=N–C) groups is 1. The van der Waals surface area contributed by atoms with Gasteiger partial charge in [0.25, 0.3) is 0 Å². The molecule has 1 N–H and O–H groups in total. The molecule has 0 aliphatic carbocycles. The lowest BCUT2D eigenvalue weighted by Crippen LogP contribution is -2.45. The molecule has 5 heteroatoms. The molecule has 0 unspecified atom stereocenters. The fourth-order valence-electron chi connectivity index (χ4n) is 2.40. The Bertz CT molecular complexity index is 400. The number of piperidine rings is 1. The van der Waals surface area contributed by atoms with Crippen LogP contribution in [0.15, 0.2) is 29.4 Å². The molecule has 1 aromatic heterocycles. The van der Waals surface area contributed by atoms with E-state index in [0.717, 1.165) is 43.6 Å². The molecule has 0 bridgehead atoms. The predicted molar refractivity (Wildman–Crippen MR) is 94.7 cm³/mol. The molecule has 0 radical (unpaired) electrons. The Morgan fingerprint density at radius 1 is 1.40 bits per heavy atom. The van der Waals surface area contributed by atoms with Crippen molar-refractivity contribution in [2.45, 2.75) is 26.2 Å². The second-order valence-electron chi connectivity index (χ2n) is 5.21.